The number of non-ortho nitro benzene ring substituents is 1. The lowest BCUT2D eigenvalue weighted by Crippen LogP contribution is -2.48. The van der Waals surface area contributed by atoms with Crippen molar-refractivity contribution in [3.05, 3.63) is 75.8 Å². The van der Waals surface area contributed by atoms with Crippen LogP contribution in [0.1, 0.15) is 15.9 Å². The summed E-state index contributed by atoms with van der Waals surface area (Å²) in [6, 6.07) is 12.4. The first kappa shape index (κ1) is 20.5. The van der Waals surface area contributed by atoms with Crippen LogP contribution >= 0.6 is 12.2 Å². The first-order valence-electron chi connectivity index (χ1n) is 7.87. The third-order valence-electron chi connectivity index (χ3n) is 3.39. The molecule has 0 fully saturated rings. The van der Waals surface area contributed by atoms with Crippen LogP contribution in [0, 0.1) is 10.1 Å². The summed E-state index contributed by atoms with van der Waals surface area (Å²) in [7, 11) is 1.44. The summed E-state index contributed by atoms with van der Waals surface area (Å²) in [6.07, 6.45) is 2.56. The van der Waals surface area contributed by atoms with Crippen LogP contribution in [-0.2, 0) is 4.79 Å². The van der Waals surface area contributed by atoms with Crippen LogP contribution < -0.4 is 20.9 Å². The van der Waals surface area contributed by atoms with Crippen molar-refractivity contribution in [2.24, 2.45) is 0 Å². The summed E-state index contributed by atoms with van der Waals surface area (Å²) in [6.45, 7) is 0. The molecule has 28 heavy (non-hydrogen) atoms. The van der Waals surface area contributed by atoms with Crippen LogP contribution in [0.3, 0.4) is 0 Å². The fourth-order valence-electron chi connectivity index (χ4n) is 2.11. The molecule has 0 atom stereocenters. The molecule has 0 heterocycles. The van der Waals surface area contributed by atoms with Crippen LogP contribution in [-0.4, -0.2) is 29.0 Å². The zero-order chi connectivity index (χ0) is 20.5. The number of rotatable bonds is 5. The van der Waals surface area contributed by atoms with Crippen molar-refractivity contribution in [1.82, 2.24) is 16.2 Å². The van der Waals surface area contributed by atoms with Gasteiger partial charge in [0, 0.05) is 18.2 Å². The van der Waals surface area contributed by atoms with Gasteiger partial charge in [0.2, 0.25) is 5.91 Å². The van der Waals surface area contributed by atoms with Crippen molar-refractivity contribution in [3.8, 4) is 5.75 Å². The molecular formula is C18H16N4O5S. The molecule has 0 spiro atoms. The van der Waals surface area contributed by atoms with Gasteiger partial charge < -0.3 is 4.74 Å². The third-order valence-corrected chi connectivity index (χ3v) is 3.59. The van der Waals surface area contributed by atoms with Gasteiger partial charge in [-0.3, -0.25) is 35.9 Å². The molecule has 0 unspecified atom stereocenters. The maximum Gasteiger partial charge on any atom is 0.273 e. The summed E-state index contributed by atoms with van der Waals surface area (Å²) in [4.78, 5) is 34.2. The van der Waals surface area contributed by atoms with Crippen LogP contribution in [0.4, 0.5) is 5.69 Å². The second-order valence-corrected chi connectivity index (χ2v) is 5.69. The fourth-order valence-corrected chi connectivity index (χ4v) is 2.26. The van der Waals surface area contributed by atoms with Gasteiger partial charge in [0.25, 0.3) is 11.6 Å². The van der Waals surface area contributed by atoms with E-state index in [1.54, 1.807) is 30.3 Å². The number of para-hydroxylation sites is 1. The van der Waals surface area contributed by atoms with Crippen LogP contribution in [0.2, 0.25) is 0 Å². The average Bonchev–Trinajstić information content (AvgIpc) is 2.70. The lowest BCUT2D eigenvalue weighted by Gasteiger charge is -2.11. The van der Waals surface area contributed by atoms with Gasteiger partial charge >= 0.3 is 0 Å². The van der Waals surface area contributed by atoms with Crippen LogP contribution in [0.15, 0.2) is 54.6 Å². The molecule has 144 valence electrons. The molecule has 0 aromatic heterocycles. The minimum atomic E-state index is -0.574. The van der Waals surface area contributed by atoms with Crippen molar-refractivity contribution in [1.29, 1.82) is 0 Å². The molecule has 3 N–H and O–H groups in total. The van der Waals surface area contributed by atoms with Gasteiger partial charge in [-0.05, 0) is 36.0 Å². The minimum Gasteiger partial charge on any atom is -0.496 e. The number of carbonyl (C=O) groups is 2. The SMILES string of the molecule is COc1ccccc1C(=O)NNC(=S)NC(=O)/C=C/c1cccc([N+](=O)[O-])c1. The first-order valence-corrected chi connectivity index (χ1v) is 8.28. The second-order valence-electron chi connectivity index (χ2n) is 5.28. The summed E-state index contributed by atoms with van der Waals surface area (Å²) < 4.78 is 5.09. The smallest absolute Gasteiger partial charge is 0.273 e. The first-order chi connectivity index (χ1) is 13.4. The van der Waals surface area contributed by atoms with E-state index >= 15 is 0 Å². The number of carbonyl (C=O) groups excluding carboxylic acids is 2. The Balaban J connectivity index is 1.87. The number of methoxy groups -OCH3 is 1. The molecular weight excluding hydrogens is 384 g/mol. The average molecular weight is 400 g/mol. The monoisotopic (exact) mass is 400 g/mol. The second kappa shape index (κ2) is 9.78. The summed E-state index contributed by atoms with van der Waals surface area (Å²) in [5, 5.41) is 13.0. The molecule has 0 saturated heterocycles. The molecule has 0 aliphatic carbocycles. The molecule has 0 saturated carbocycles. The van der Waals surface area contributed by atoms with Gasteiger partial charge in [-0.25, -0.2) is 0 Å². The van der Waals surface area contributed by atoms with Crippen LogP contribution in [0.5, 0.6) is 5.75 Å². The number of hydrazine groups is 1. The number of benzene rings is 2. The molecule has 2 rings (SSSR count). The Kier molecular flexibility index (Phi) is 7.17. The van der Waals surface area contributed by atoms with Gasteiger partial charge in [-0.15, -0.1) is 0 Å². The number of ether oxygens (including phenoxy) is 1. The highest BCUT2D eigenvalue weighted by atomic mass is 32.1. The van der Waals surface area contributed by atoms with Crippen molar-refractivity contribution < 1.29 is 19.2 Å². The molecule has 2 aromatic rings. The van der Waals surface area contributed by atoms with Gasteiger partial charge in [0.1, 0.15) is 5.75 Å². The lowest BCUT2D eigenvalue weighted by atomic mass is 10.2. The highest BCUT2D eigenvalue weighted by Crippen LogP contribution is 2.16. The Bertz CT molecular complexity index is 945. The number of hydrogen-bond donors (Lipinski definition) is 3. The van der Waals surface area contributed by atoms with E-state index in [1.165, 1.54) is 31.4 Å². The maximum absolute atomic E-state index is 12.1. The topological polar surface area (TPSA) is 123 Å². The van der Waals surface area contributed by atoms with Crippen LogP contribution in [0.25, 0.3) is 6.08 Å². The normalized spacial score (nSPS) is 10.2. The number of nitrogens with zero attached hydrogens (tertiary/aromatic N) is 1. The molecule has 9 nitrogen and oxygen atoms in total. The van der Waals surface area contributed by atoms with E-state index in [4.69, 9.17) is 17.0 Å². The molecule has 0 bridgehead atoms. The van der Waals surface area contributed by atoms with Gasteiger partial charge in [-0.2, -0.15) is 0 Å². The van der Waals surface area contributed by atoms with E-state index in [0.717, 1.165) is 6.08 Å². The lowest BCUT2D eigenvalue weighted by molar-refractivity contribution is -0.384. The highest BCUT2D eigenvalue weighted by Gasteiger charge is 2.11. The third kappa shape index (κ3) is 5.88. The maximum atomic E-state index is 12.1. The number of nitrogens with one attached hydrogen (secondary N) is 3. The summed E-state index contributed by atoms with van der Waals surface area (Å²) >= 11 is 4.93. The largest absolute Gasteiger partial charge is 0.496 e. The Morgan fingerprint density at radius 1 is 1.14 bits per heavy atom. The molecule has 10 heteroatoms. The quantitative estimate of drug-likeness (QED) is 0.303. The molecule has 2 aromatic carbocycles. The van der Waals surface area contributed by atoms with E-state index in [9.17, 15) is 19.7 Å². The van der Waals surface area contributed by atoms with E-state index in [-0.39, 0.29) is 16.4 Å². The fraction of sp³-hybridized carbons (Fsp3) is 0.0556. The van der Waals surface area contributed by atoms with Gasteiger partial charge in [0.15, 0.2) is 5.11 Å². The van der Waals surface area contributed by atoms with Crippen molar-refractivity contribution >= 4 is 40.9 Å². The Morgan fingerprint density at radius 2 is 1.89 bits per heavy atom. The predicted octanol–water partition coefficient (Wildman–Crippen LogP) is 1.95. The van der Waals surface area contributed by atoms with E-state index in [0.29, 0.717) is 11.3 Å². The molecule has 0 radical (unpaired) electrons. The molecule has 2 amide bonds. The van der Waals surface area contributed by atoms with E-state index in [2.05, 4.69) is 16.2 Å². The summed E-state index contributed by atoms with van der Waals surface area (Å²) in [5.74, 6) is -0.687. The zero-order valence-electron chi connectivity index (χ0n) is 14.7. The summed E-state index contributed by atoms with van der Waals surface area (Å²) in [5.41, 5.74) is 5.44. The standard InChI is InChI=1S/C18H16N4O5S/c1-27-15-8-3-2-7-14(15)17(24)20-21-18(28)19-16(23)10-9-12-5-4-6-13(11-12)22(25)26/h2-11H,1H3,(H,20,24)(H2,19,21,23,28)/b10-9+. The Hall–Kier alpha value is -3.79. The van der Waals surface area contributed by atoms with Crippen molar-refractivity contribution in [2.45, 2.75) is 0 Å². The Labute approximate surface area is 165 Å². The number of hydrogen-bond acceptors (Lipinski definition) is 6. The van der Waals surface area contributed by atoms with E-state index < -0.39 is 16.7 Å². The number of nitro benzene ring substituents is 1. The zero-order valence-corrected chi connectivity index (χ0v) is 15.5. The molecule has 0 aliphatic heterocycles. The predicted molar refractivity (Wildman–Crippen MR) is 106 cm³/mol. The number of amides is 2. The highest BCUT2D eigenvalue weighted by molar-refractivity contribution is 7.80. The van der Waals surface area contributed by atoms with Gasteiger partial charge in [-0.1, -0.05) is 24.3 Å². The minimum absolute atomic E-state index is 0.0844. The van der Waals surface area contributed by atoms with Crippen molar-refractivity contribution in [3.63, 3.8) is 0 Å². The van der Waals surface area contributed by atoms with Gasteiger partial charge in [0.05, 0.1) is 17.6 Å². The number of thiocarbonyl (C=S) groups is 1. The molecule has 0 aliphatic rings. The van der Waals surface area contributed by atoms with Crippen molar-refractivity contribution in [2.75, 3.05) is 7.11 Å². The van der Waals surface area contributed by atoms with E-state index in [1.807, 2.05) is 0 Å². The Morgan fingerprint density at radius 3 is 2.61 bits per heavy atom. The number of nitro groups is 1.